The summed E-state index contributed by atoms with van der Waals surface area (Å²) in [5, 5.41) is 7.61. The highest BCUT2D eigenvalue weighted by Crippen LogP contribution is 2.20. The zero-order chi connectivity index (χ0) is 17.4. The number of amides is 2. The van der Waals surface area contributed by atoms with Gasteiger partial charge in [0.15, 0.2) is 0 Å². The fourth-order valence-electron chi connectivity index (χ4n) is 2.31. The Labute approximate surface area is 146 Å². The Bertz CT molecular complexity index is 653. The van der Waals surface area contributed by atoms with Crippen LogP contribution < -0.4 is 15.4 Å². The first kappa shape index (κ1) is 18.0. The number of ether oxygens (including phenoxy) is 1. The number of carbonyl (C=O) groups is 2. The number of benzene rings is 1. The maximum absolute atomic E-state index is 12.1. The fourth-order valence-corrected chi connectivity index (χ4v) is 2.95. The van der Waals surface area contributed by atoms with Crippen molar-refractivity contribution < 1.29 is 14.3 Å². The predicted octanol–water partition coefficient (Wildman–Crippen LogP) is 3.14. The van der Waals surface area contributed by atoms with E-state index in [0.29, 0.717) is 11.4 Å². The second-order valence-electron chi connectivity index (χ2n) is 5.28. The monoisotopic (exact) mass is 346 g/mol. The lowest BCUT2D eigenvalue weighted by Gasteiger charge is -2.18. The summed E-state index contributed by atoms with van der Waals surface area (Å²) in [6.45, 7) is 2.34. The second-order valence-corrected chi connectivity index (χ2v) is 6.23. The van der Waals surface area contributed by atoms with Crippen LogP contribution in [0.1, 0.15) is 41.0 Å². The van der Waals surface area contributed by atoms with Gasteiger partial charge in [-0.2, -0.15) is 0 Å². The molecule has 24 heavy (non-hydrogen) atoms. The van der Waals surface area contributed by atoms with Crippen LogP contribution in [0.4, 0.5) is 0 Å². The Morgan fingerprint density at radius 1 is 1.21 bits per heavy atom. The molecular formula is C18H22N2O3S. The zero-order valence-corrected chi connectivity index (χ0v) is 14.7. The van der Waals surface area contributed by atoms with Crippen molar-refractivity contribution in [2.45, 2.75) is 25.8 Å². The minimum atomic E-state index is -0.139. The van der Waals surface area contributed by atoms with E-state index in [2.05, 4.69) is 10.6 Å². The fraction of sp³-hybridized carbons (Fsp3) is 0.333. The summed E-state index contributed by atoms with van der Waals surface area (Å²) in [6, 6.07) is 11.2. The van der Waals surface area contributed by atoms with Crippen LogP contribution in [-0.4, -0.2) is 25.5 Å². The molecule has 2 rings (SSSR count). The normalized spacial score (nSPS) is 11.6. The highest BCUT2D eigenvalue weighted by atomic mass is 32.1. The molecule has 1 heterocycles. The molecule has 0 fully saturated rings. The van der Waals surface area contributed by atoms with Crippen molar-refractivity contribution in [3.8, 4) is 5.75 Å². The largest absolute Gasteiger partial charge is 0.497 e. The molecule has 1 aromatic heterocycles. The molecule has 2 N–H and O–H groups in total. The predicted molar refractivity (Wildman–Crippen MR) is 95.4 cm³/mol. The van der Waals surface area contributed by atoms with Gasteiger partial charge in [-0.1, -0.05) is 25.1 Å². The van der Waals surface area contributed by atoms with Crippen LogP contribution in [-0.2, 0) is 4.79 Å². The van der Waals surface area contributed by atoms with E-state index in [4.69, 9.17) is 4.74 Å². The van der Waals surface area contributed by atoms with Gasteiger partial charge in [0.05, 0.1) is 18.0 Å². The molecule has 0 saturated heterocycles. The molecule has 2 aromatic rings. The van der Waals surface area contributed by atoms with Gasteiger partial charge in [-0.25, -0.2) is 0 Å². The van der Waals surface area contributed by atoms with Crippen LogP contribution in [0, 0.1) is 0 Å². The number of methoxy groups -OCH3 is 1. The molecule has 5 nitrogen and oxygen atoms in total. The van der Waals surface area contributed by atoms with Gasteiger partial charge in [0.2, 0.25) is 5.91 Å². The Morgan fingerprint density at radius 3 is 2.54 bits per heavy atom. The summed E-state index contributed by atoms with van der Waals surface area (Å²) in [5.41, 5.74) is 1.04. The van der Waals surface area contributed by atoms with Crippen molar-refractivity contribution in [3.63, 3.8) is 0 Å². The molecule has 0 bridgehead atoms. The molecule has 1 atom stereocenters. The third kappa shape index (κ3) is 5.09. The van der Waals surface area contributed by atoms with Gasteiger partial charge in [0, 0.05) is 13.0 Å². The zero-order valence-electron chi connectivity index (χ0n) is 13.9. The van der Waals surface area contributed by atoms with Crippen molar-refractivity contribution in [2.75, 3.05) is 13.7 Å². The maximum atomic E-state index is 12.1. The molecule has 2 amide bonds. The molecule has 128 valence electrons. The van der Waals surface area contributed by atoms with Crippen molar-refractivity contribution in [2.24, 2.45) is 0 Å². The van der Waals surface area contributed by atoms with E-state index < -0.39 is 0 Å². The van der Waals surface area contributed by atoms with Crippen LogP contribution in [0.25, 0.3) is 0 Å². The molecule has 6 heteroatoms. The average Bonchev–Trinajstić information content (AvgIpc) is 3.14. The number of thiophene rings is 1. The molecule has 0 radical (unpaired) electrons. The lowest BCUT2D eigenvalue weighted by molar-refractivity contribution is -0.121. The number of nitrogens with one attached hydrogen (secondary N) is 2. The van der Waals surface area contributed by atoms with Crippen LogP contribution in [0.5, 0.6) is 5.75 Å². The van der Waals surface area contributed by atoms with Crippen LogP contribution in [0.3, 0.4) is 0 Å². The van der Waals surface area contributed by atoms with E-state index in [0.717, 1.165) is 17.7 Å². The molecule has 0 aliphatic heterocycles. The van der Waals surface area contributed by atoms with E-state index in [9.17, 15) is 9.59 Å². The van der Waals surface area contributed by atoms with Gasteiger partial charge < -0.3 is 15.4 Å². The minimum absolute atomic E-state index is 0.0450. The number of carbonyl (C=O) groups excluding carboxylic acids is 2. The average molecular weight is 346 g/mol. The molecule has 1 aromatic carbocycles. The highest BCUT2D eigenvalue weighted by molar-refractivity contribution is 7.12. The van der Waals surface area contributed by atoms with Gasteiger partial charge in [-0.3, -0.25) is 9.59 Å². The molecule has 0 saturated carbocycles. The first-order chi connectivity index (χ1) is 11.6. The van der Waals surface area contributed by atoms with Gasteiger partial charge in [-0.15, -0.1) is 11.3 Å². The second kappa shape index (κ2) is 9.08. The van der Waals surface area contributed by atoms with E-state index in [1.807, 2.05) is 42.6 Å². The molecular weight excluding hydrogens is 324 g/mol. The van der Waals surface area contributed by atoms with Crippen LogP contribution in [0.15, 0.2) is 41.8 Å². The van der Waals surface area contributed by atoms with Crippen LogP contribution >= 0.6 is 11.3 Å². The third-order valence-corrected chi connectivity index (χ3v) is 4.51. The van der Waals surface area contributed by atoms with Crippen molar-refractivity contribution in [1.29, 1.82) is 0 Å². The summed E-state index contributed by atoms with van der Waals surface area (Å²) in [7, 11) is 1.62. The summed E-state index contributed by atoms with van der Waals surface area (Å²) in [6.07, 6.45) is 1.05. The topological polar surface area (TPSA) is 67.4 Å². The number of hydrogen-bond acceptors (Lipinski definition) is 4. The minimum Gasteiger partial charge on any atom is -0.497 e. The summed E-state index contributed by atoms with van der Waals surface area (Å²) < 4.78 is 5.14. The number of rotatable bonds is 8. The molecule has 1 unspecified atom stereocenters. The van der Waals surface area contributed by atoms with Gasteiger partial charge in [0.25, 0.3) is 5.91 Å². The molecule has 0 aliphatic carbocycles. The lowest BCUT2D eigenvalue weighted by atomic mass is 10.0. The first-order valence-corrected chi connectivity index (χ1v) is 8.77. The van der Waals surface area contributed by atoms with Gasteiger partial charge in [-0.05, 0) is 35.6 Å². The Hall–Kier alpha value is -2.34. The Morgan fingerprint density at radius 2 is 1.96 bits per heavy atom. The van der Waals surface area contributed by atoms with Gasteiger partial charge >= 0.3 is 0 Å². The lowest BCUT2D eigenvalue weighted by Crippen LogP contribution is -2.32. The Balaban J connectivity index is 1.80. The smallest absolute Gasteiger partial charge is 0.261 e. The van der Waals surface area contributed by atoms with E-state index >= 15 is 0 Å². The summed E-state index contributed by atoms with van der Waals surface area (Å²) >= 11 is 1.38. The van der Waals surface area contributed by atoms with Crippen molar-refractivity contribution in [3.05, 3.63) is 52.2 Å². The first-order valence-electron chi connectivity index (χ1n) is 7.89. The number of hydrogen-bond donors (Lipinski definition) is 2. The van der Waals surface area contributed by atoms with Crippen LogP contribution in [0.2, 0.25) is 0 Å². The Kier molecular flexibility index (Phi) is 6.81. The van der Waals surface area contributed by atoms with E-state index in [-0.39, 0.29) is 24.3 Å². The highest BCUT2D eigenvalue weighted by Gasteiger charge is 2.13. The molecule has 0 aliphatic rings. The standard InChI is InChI=1S/C18H22N2O3S/c1-3-15(13-6-8-14(23-2)9-7-13)20-17(21)10-11-19-18(22)16-5-4-12-24-16/h4-9,12,15H,3,10-11H2,1-2H3,(H,19,22)(H,20,21). The maximum Gasteiger partial charge on any atom is 0.261 e. The van der Waals surface area contributed by atoms with E-state index in [1.165, 1.54) is 11.3 Å². The summed E-state index contributed by atoms with van der Waals surface area (Å²) in [5.74, 6) is 0.570. The van der Waals surface area contributed by atoms with Crippen molar-refractivity contribution in [1.82, 2.24) is 10.6 Å². The summed E-state index contributed by atoms with van der Waals surface area (Å²) in [4.78, 5) is 24.5. The van der Waals surface area contributed by atoms with Gasteiger partial charge in [0.1, 0.15) is 5.75 Å². The molecule has 0 spiro atoms. The quantitative estimate of drug-likeness (QED) is 0.771. The van der Waals surface area contributed by atoms with E-state index in [1.54, 1.807) is 13.2 Å². The SMILES string of the molecule is CCC(NC(=O)CCNC(=O)c1cccs1)c1ccc(OC)cc1. The van der Waals surface area contributed by atoms with Crippen molar-refractivity contribution >= 4 is 23.2 Å². The third-order valence-electron chi connectivity index (χ3n) is 3.64.